The Morgan fingerprint density at radius 2 is 2.16 bits per heavy atom. The molecule has 5 heteroatoms. The molecule has 2 aromatic rings. The predicted octanol–water partition coefficient (Wildman–Crippen LogP) is 1.81. The quantitative estimate of drug-likeness (QED) is 0.893. The average molecular weight is 259 g/mol. The second-order valence-electron chi connectivity index (χ2n) is 5.51. The lowest BCUT2D eigenvalue weighted by Crippen LogP contribution is -2.39. The number of aryl methyl sites for hydroxylation is 1. The Morgan fingerprint density at radius 1 is 1.32 bits per heavy atom. The van der Waals surface area contributed by atoms with Crippen molar-refractivity contribution in [3.05, 3.63) is 17.8 Å². The van der Waals surface area contributed by atoms with Gasteiger partial charge in [0.2, 0.25) is 5.95 Å². The largest absolute Gasteiger partial charge is 0.369 e. The van der Waals surface area contributed by atoms with Crippen LogP contribution >= 0.6 is 0 Å². The summed E-state index contributed by atoms with van der Waals surface area (Å²) in [4.78, 5) is 11.4. The number of nitrogens with two attached hydrogens (primary N) is 1. The van der Waals surface area contributed by atoms with Crippen LogP contribution in [0.25, 0.3) is 11.2 Å². The number of hydrogen-bond acceptors (Lipinski definition) is 4. The third-order valence-corrected chi connectivity index (χ3v) is 4.08. The first-order chi connectivity index (χ1) is 9.15. The maximum atomic E-state index is 6.06. The Hall–Kier alpha value is -1.62. The average Bonchev–Trinajstić information content (AvgIpc) is 2.69. The molecule has 0 radical (unpaired) electrons. The van der Waals surface area contributed by atoms with E-state index in [1.807, 2.05) is 19.1 Å². The van der Waals surface area contributed by atoms with E-state index in [0.29, 0.717) is 12.0 Å². The fourth-order valence-corrected chi connectivity index (χ4v) is 2.88. The minimum Gasteiger partial charge on any atom is -0.369 e. The number of piperidine rings is 1. The first-order valence-electron chi connectivity index (χ1n) is 6.95. The van der Waals surface area contributed by atoms with E-state index in [2.05, 4.69) is 26.5 Å². The highest BCUT2D eigenvalue weighted by Gasteiger charge is 2.21. The van der Waals surface area contributed by atoms with E-state index in [4.69, 9.17) is 5.73 Å². The number of imidazole rings is 1. The highest BCUT2D eigenvalue weighted by Crippen LogP contribution is 2.21. The Morgan fingerprint density at radius 3 is 2.95 bits per heavy atom. The zero-order valence-corrected chi connectivity index (χ0v) is 11.6. The molecule has 1 aliphatic rings. The minimum absolute atomic E-state index is 0.538. The summed E-state index contributed by atoms with van der Waals surface area (Å²) in [7, 11) is 2.19. The van der Waals surface area contributed by atoms with Crippen molar-refractivity contribution >= 4 is 17.1 Å². The smallest absolute Gasteiger partial charge is 0.202 e. The molecule has 0 aliphatic carbocycles. The molecule has 1 fully saturated rings. The van der Waals surface area contributed by atoms with Gasteiger partial charge in [0.1, 0.15) is 5.52 Å². The molecule has 1 saturated heterocycles. The third-order valence-electron chi connectivity index (χ3n) is 4.08. The van der Waals surface area contributed by atoms with Crippen molar-refractivity contribution in [2.24, 2.45) is 0 Å². The Bertz CT molecular complexity index is 589. The van der Waals surface area contributed by atoms with E-state index in [0.717, 1.165) is 23.4 Å². The van der Waals surface area contributed by atoms with Crippen LogP contribution in [0.15, 0.2) is 12.1 Å². The second kappa shape index (κ2) is 4.81. The summed E-state index contributed by atoms with van der Waals surface area (Å²) in [6, 6.07) is 4.51. The molecule has 1 atom stereocenters. The van der Waals surface area contributed by atoms with Gasteiger partial charge in [-0.15, -0.1) is 0 Å². The summed E-state index contributed by atoms with van der Waals surface area (Å²) in [6.45, 7) is 4.05. The molecule has 19 heavy (non-hydrogen) atoms. The molecule has 1 unspecified atom stereocenters. The van der Waals surface area contributed by atoms with Crippen molar-refractivity contribution < 1.29 is 0 Å². The lowest BCUT2D eigenvalue weighted by molar-refractivity contribution is 0.169. The standard InChI is InChI=1S/C14H21N5/c1-10-6-7-12-13(16-10)19(14(15)17-12)9-11-5-3-4-8-18(11)2/h6-7,11H,3-5,8-9H2,1-2H3,(H2,15,17). The number of fused-ring (bicyclic) bond motifs is 1. The topological polar surface area (TPSA) is 60.0 Å². The molecule has 102 valence electrons. The number of rotatable bonds is 2. The lowest BCUT2D eigenvalue weighted by Gasteiger charge is -2.32. The van der Waals surface area contributed by atoms with Gasteiger partial charge in [-0.3, -0.25) is 4.57 Å². The molecular formula is C14H21N5. The number of nitrogens with zero attached hydrogens (tertiary/aromatic N) is 4. The van der Waals surface area contributed by atoms with Crippen LogP contribution in [-0.4, -0.2) is 39.1 Å². The number of nitrogen functional groups attached to an aromatic ring is 1. The molecule has 0 bridgehead atoms. The van der Waals surface area contributed by atoms with Crippen molar-refractivity contribution in [2.75, 3.05) is 19.3 Å². The van der Waals surface area contributed by atoms with E-state index < -0.39 is 0 Å². The molecule has 2 N–H and O–H groups in total. The van der Waals surface area contributed by atoms with Crippen molar-refractivity contribution in [3.63, 3.8) is 0 Å². The van der Waals surface area contributed by atoms with Crippen LogP contribution in [0.5, 0.6) is 0 Å². The Kier molecular flexibility index (Phi) is 3.14. The van der Waals surface area contributed by atoms with Gasteiger partial charge < -0.3 is 10.6 Å². The molecular weight excluding hydrogens is 238 g/mol. The van der Waals surface area contributed by atoms with Gasteiger partial charge in [0.25, 0.3) is 0 Å². The molecule has 0 aromatic carbocycles. The van der Waals surface area contributed by atoms with Gasteiger partial charge in [-0.1, -0.05) is 6.42 Å². The Labute approximate surface area is 113 Å². The highest BCUT2D eigenvalue weighted by molar-refractivity contribution is 5.74. The fraction of sp³-hybridized carbons (Fsp3) is 0.571. The Balaban J connectivity index is 1.95. The second-order valence-corrected chi connectivity index (χ2v) is 5.51. The van der Waals surface area contributed by atoms with Gasteiger partial charge in [-0.05, 0) is 45.5 Å². The number of anilines is 1. The van der Waals surface area contributed by atoms with E-state index >= 15 is 0 Å². The molecule has 3 heterocycles. The summed E-state index contributed by atoms with van der Waals surface area (Å²) < 4.78 is 2.06. The van der Waals surface area contributed by atoms with Crippen LogP contribution < -0.4 is 5.73 Å². The molecule has 0 spiro atoms. The van der Waals surface area contributed by atoms with Crippen LogP contribution in [0.2, 0.25) is 0 Å². The molecule has 0 saturated carbocycles. The minimum atomic E-state index is 0.538. The highest BCUT2D eigenvalue weighted by atomic mass is 15.2. The summed E-state index contributed by atoms with van der Waals surface area (Å²) in [6.07, 6.45) is 3.82. The van der Waals surface area contributed by atoms with E-state index in [1.54, 1.807) is 0 Å². The molecule has 0 amide bonds. The number of hydrogen-bond donors (Lipinski definition) is 1. The van der Waals surface area contributed by atoms with E-state index in [9.17, 15) is 0 Å². The van der Waals surface area contributed by atoms with Crippen molar-refractivity contribution in [3.8, 4) is 0 Å². The molecule has 5 nitrogen and oxygen atoms in total. The number of pyridine rings is 1. The van der Waals surface area contributed by atoms with Crippen molar-refractivity contribution in [1.82, 2.24) is 19.4 Å². The normalized spacial score (nSPS) is 21.1. The molecule has 2 aromatic heterocycles. The predicted molar refractivity (Wildman–Crippen MR) is 76.9 cm³/mol. The van der Waals surface area contributed by atoms with Crippen LogP contribution in [-0.2, 0) is 6.54 Å². The van der Waals surface area contributed by atoms with Crippen molar-refractivity contribution in [1.29, 1.82) is 0 Å². The summed E-state index contributed by atoms with van der Waals surface area (Å²) in [5.74, 6) is 0.576. The van der Waals surface area contributed by atoms with Gasteiger partial charge in [0.15, 0.2) is 5.65 Å². The zero-order chi connectivity index (χ0) is 13.4. The molecule has 3 rings (SSSR count). The van der Waals surface area contributed by atoms with Crippen LogP contribution in [0.4, 0.5) is 5.95 Å². The van der Waals surface area contributed by atoms with Crippen LogP contribution in [0.3, 0.4) is 0 Å². The molecule has 1 aliphatic heterocycles. The number of aromatic nitrogens is 3. The summed E-state index contributed by atoms with van der Waals surface area (Å²) in [5.41, 5.74) is 8.87. The van der Waals surface area contributed by atoms with Crippen molar-refractivity contribution in [2.45, 2.75) is 38.8 Å². The third kappa shape index (κ3) is 2.30. The summed E-state index contributed by atoms with van der Waals surface area (Å²) in [5, 5.41) is 0. The van der Waals surface area contributed by atoms with E-state index in [-0.39, 0.29) is 0 Å². The first-order valence-corrected chi connectivity index (χ1v) is 6.95. The summed E-state index contributed by atoms with van der Waals surface area (Å²) >= 11 is 0. The fourth-order valence-electron chi connectivity index (χ4n) is 2.88. The van der Waals surface area contributed by atoms with Gasteiger partial charge in [-0.2, -0.15) is 0 Å². The zero-order valence-electron chi connectivity index (χ0n) is 11.6. The van der Waals surface area contributed by atoms with Gasteiger partial charge in [0, 0.05) is 18.3 Å². The SMILES string of the molecule is Cc1ccc2nc(N)n(CC3CCCCN3C)c2n1. The maximum Gasteiger partial charge on any atom is 0.202 e. The number of likely N-dealkylation sites (N-methyl/N-ethyl adjacent to an activating group) is 1. The van der Waals surface area contributed by atoms with Gasteiger partial charge in [-0.25, -0.2) is 9.97 Å². The van der Waals surface area contributed by atoms with Crippen LogP contribution in [0.1, 0.15) is 25.0 Å². The van der Waals surface area contributed by atoms with E-state index in [1.165, 1.54) is 25.8 Å². The lowest BCUT2D eigenvalue weighted by atomic mass is 10.0. The number of likely N-dealkylation sites (tertiary alicyclic amines) is 1. The maximum absolute atomic E-state index is 6.06. The van der Waals surface area contributed by atoms with Gasteiger partial charge >= 0.3 is 0 Å². The first kappa shape index (κ1) is 12.4. The van der Waals surface area contributed by atoms with Crippen LogP contribution in [0, 0.1) is 6.92 Å². The van der Waals surface area contributed by atoms with Gasteiger partial charge in [0.05, 0.1) is 0 Å². The monoisotopic (exact) mass is 259 g/mol.